The van der Waals surface area contributed by atoms with Gasteiger partial charge in [0.2, 0.25) is 5.91 Å². The molecule has 0 aliphatic carbocycles. The van der Waals surface area contributed by atoms with E-state index in [-0.39, 0.29) is 11.8 Å². The summed E-state index contributed by atoms with van der Waals surface area (Å²) in [5.74, 6) is 0.0270. The highest BCUT2D eigenvalue weighted by Gasteiger charge is 2.04. The molecular weight excluding hydrogens is 176 g/mol. The molecule has 0 spiro atoms. The van der Waals surface area contributed by atoms with E-state index >= 15 is 0 Å². The Hall–Kier alpha value is -1.35. The molecule has 0 saturated heterocycles. The second-order valence-electron chi connectivity index (χ2n) is 3.48. The fraction of sp³-hybridized carbons (Fsp3) is 0.364. The molecule has 3 heteroatoms. The second-order valence-corrected chi connectivity index (χ2v) is 3.48. The lowest BCUT2D eigenvalue weighted by molar-refractivity contribution is -0.125. The summed E-state index contributed by atoms with van der Waals surface area (Å²) in [5, 5.41) is 0. The average molecular weight is 192 g/mol. The Bertz CT molecular complexity index is 283. The van der Waals surface area contributed by atoms with Crippen molar-refractivity contribution in [1.29, 1.82) is 0 Å². The molecule has 1 rings (SSSR count). The van der Waals surface area contributed by atoms with Crippen LogP contribution >= 0.6 is 0 Å². The number of hydrogen-bond acceptors (Lipinski definition) is 2. The van der Waals surface area contributed by atoms with Crippen molar-refractivity contribution >= 4 is 5.91 Å². The van der Waals surface area contributed by atoms with Crippen LogP contribution in [0.15, 0.2) is 30.3 Å². The topological polar surface area (TPSA) is 41.1 Å². The molecule has 0 aliphatic heterocycles. The zero-order valence-corrected chi connectivity index (χ0v) is 8.58. The highest BCUT2D eigenvalue weighted by molar-refractivity contribution is 5.77. The normalized spacial score (nSPS) is 10.2. The van der Waals surface area contributed by atoms with Gasteiger partial charge < -0.3 is 0 Å². The van der Waals surface area contributed by atoms with E-state index in [4.69, 9.17) is 0 Å². The molecule has 1 aromatic carbocycles. The van der Waals surface area contributed by atoms with E-state index in [9.17, 15) is 4.79 Å². The Balaban J connectivity index is 2.26. The zero-order valence-electron chi connectivity index (χ0n) is 8.58. The highest BCUT2D eigenvalue weighted by Crippen LogP contribution is 1.96. The molecule has 0 fully saturated rings. The van der Waals surface area contributed by atoms with Gasteiger partial charge in [-0.1, -0.05) is 44.2 Å². The van der Waals surface area contributed by atoms with Gasteiger partial charge in [-0.15, -0.1) is 0 Å². The molecule has 0 bridgehead atoms. The molecule has 76 valence electrons. The van der Waals surface area contributed by atoms with Crippen molar-refractivity contribution in [1.82, 2.24) is 10.9 Å². The Morgan fingerprint density at radius 3 is 2.50 bits per heavy atom. The molecule has 0 unspecified atom stereocenters. The van der Waals surface area contributed by atoms with Gasteiger partial charge in [0.05, 0.1) is 0 Å². The summed E-state index contributed by atoms with van der Waals surface area (Å²) in [6, 6.07) is 9.93. The van der Waals surface area contributed by atoms with E-state index in [0.717, 1.165) is 5.56 Å². The van der Waals surface area contributed by atoms with Crippen molar-refractivity contribution in [2.75, 3.05) is 0 Å². The SMILES string of the molecule is CC(C)C(=O)NNCc1ccccc1. The summed E-state index contributed by atoms with van der Waals surface area (Å²) < 4.78 is 0. The molecule has 1 amide bonds. The van der Waals surface area contributed by atoms with Gasteiger partial charge in [0.25, 0.3) is 0 Å². The quantitative estimate of drug-likeness (QED) is 0.709. The number of benzene rings is 1. The molecule has 2 N–H and O–H groups in total. The summed E-state index contributed by atoms with van der Waals surface area (Å²) in [5.41, 5.74) is 6.67. The van der Waals surface area contributed by atoms with Gasteiger partial charge in [0.15, 0.2) is 0 Å². The first-order valence-electron chi connectivity index (χ1n) is 4.77. The van der Waals surface area contributed by atoms with Gasteiger partial charge in [-0.05, 0) is 5.56 Å². The first-order chi connectivity index (χ1) is 6.70. The summed E-state index contributed by atoms with van der Waals surface area (Å²) in [6.45, 7) is 4.37. The lowest BCUT2D eigenvalue weighted by Gasteiger charge is -2.08. The van der Waals surface area contributed by atoms with Crippen LogP contribution < -0.4 is 10.9 Å². The van der Waals surface area contributed by atoms with Crippen molar-refractivity contribution < 1.29 is 4.79 Å². The van der Waals surface area contributed by atoms with Crippen molar-refractivity contribution in [3.05, 3.63) is 35.9 Å². The highest BCUT2D eigenvalue weighted by atomic mass is 16.2. The smallest absolute Gasteiger partial charge is 0.236 e. The summed E-state index contributed by atoms with van der Waals surface area (Å²) in [4.78, 5) is 11.2. The molecule has 0 saturated carbocycles. The van der Waals surface area contributed by atoms with Crippen LogP contribution in [0.4, 0.5) is 0 Å². The fourth-order valence-electron chi connectivity index (χ4n) is 0.974. The molecule has 0 atom stereocenters. The largest absolute Gasteiger partial charge is 0.291 e. The first-order valence-corrected chi connectivity index (χ1v) is 4.77. The van der Waals surface area contributed by atoms with E-state index in [1.807, 2.05) is 44.2 Å². The third-order valence-corrected chi connectivity index (χ3v) is 1.87. The third-order valence-electron chi connectivity index (χ3n) is 1.87. The number of carbonyl (C=O) groups is 1. The number of nitrogens with one attached hydrogen (secondary N) is 2. The van der Waals surface area contributed by atoms with Crippen molar-refractivity contribution in [2.45, 2.75) is 20.4 Å². The minimum absolute atomic E-state index is 0.0123. The second kappa shape index (κ2) is 5.40. The van der Waals surface area contributed by atoms with Gasteiger partial charge in [-0.25, -0.2) is 5.43 Å². The van der Waals surface area contributed by atoms with E-state index in [1.165, 1.54) is 0 Å². The lowest BCUT2D eigenvalue weighted by Crippen LogP contribution is -2.39. The van der Waals surface area contributed by atoms with Crippen LogP contribution in [-0.4, -0.2) is 5.91 Å². The summed E-state index contributed by atoms with van der Waals surface area (Å²) >= 11 is 0. The third kappa shape index (κ3) is 3.58. The minimum Gasteiger partial charge on any atom is -0.291 e. The molecule has 0 heterocycles. The number of rotatable bonds is 4. The molecule has 0 aliphatic rings. The zero-order chi connectivity index (χ0) is 10.4. The van der Waals surface area contributed by atoms with Gasteiger partial charge in [0, 0.05) is 12.5 Å². The number of carbonyl (C=O) groups excluding carboxylic acids is 1. The lowest BCUT2D eigenvalue weighted by atomic mass is 10.2. The van der Waals surface area contributed by atoms with Crippen LogP contribution in [-0.2, 0) is 11.3 Å². The number of amides is 1. The maximum Gasteiger partial charge on any atom is 0.236 e. The molecule has 14 heavy (non-hydrogen) atoms. The van der Waals surface area contributed by atoms with Crippen LogP contribution in [0.3, 0.4) is 0 Å². The standard InChI is InChI=1S/C11H16N2O/c1-9(2)11(14)13-12-8-10-6-4-3-5-7-10/h3-7,9,12H,8H2,1-2H3,(H,13,14). The maximum atomic E-state index is 11.2. The minimum atomic E-state index is 0.0123. The first kappa shape index (κ1) is 10.7. The summed E-state index contributed by atoms with van der Waals surface area (Å²) in [6.07, 6.45) is 0. The summed E-state index contributed by atoms with van der Waals surface area (Å²) in [7, 11) is 0. The molecule has 0 aromatic heterocycles. The van der Waals surface area contributed by atoms with Crippen molar-refractivity contribution in [2.24, 2.45) is 5.92 Å². The Morgan fingerprint density at radius 1 is 1.29 bits per heavy atom. The fourth-order valence-corrected chi connectivity index (χ4v) is 0.974. The van der Waals surface area contributed by atoms with Crippen LogP contribution in [0.5, 0.6) is 0 Å². The molecular formula is C11H16N2O. The van der Waals surface area contributed by atoms with Gasteiger partial charge in [-0.2, -0.15) is 0 Å². The van der Waals surface area contributed by atoms with E-state index in [2.05, 4.69) is 10.9 Å². The van der Waals surface area contributed by atoms with Crippen molar-refractivity contribution in [3.63, 3.8) is 0 Å². The van der Waals surface area contributed by atoms with Crippen LogP contribution in [0.2, 0.25) is 0 Å². The van der Waals surface area contributed by atoms with E-state index in [1.54, 1.807) is 0 Å². The monoisotopic (exact) mass is 192 g/mol. The van der Waals surface area contributed by atoms with Crippen LogP contribution in [0.1, 0.15) is 19.4 Å². The molecule has 1 aromatic rings. The van der Waals surface area contributed by atoms with Gasteiger partial charge >= 0.3 is 0 Å². The predicted molar refractivity (Wildman–Crippen MR) is 56.3 cm³/mol. The van der Waals surface area contributed by atoms with Gasteiger partial charge in [-0.3, -0.25) is 10.2 Å². The van der Waals surface area contributed by atoms with Crippen molar-refractivity contribution in [3.8, 4) is 0 Å². The average Bonchev–Trinajstić information content (AvgIpc) is 2.19. The van der Waals surface area contributed by atoms with Crippen LogP contribution in [0, 0.1) is 5.92 Å². The van der Waals surface area contributed by atoms with Gasteiger partial charge in [0.1, 0.15) is 0 Å². The van der Waals surface area contributed by atoms with E-state index < -0.39 is 0 Å². The number of hydrogen-bond donors (Lipinski definition) is 2. The Morgan fingerprint density at radius 2 is 1.93 bits per heavy atom. The molecule has 3 nitrogen and oxygen atoms in total. The Kier molecular flexibility index (Phi) is 4.13. The predicted octanol–water partition coefficient (Wildman–Crippen LogP) is 1.46. The molecule has 0 radical (unpaired) electrons. The van der Waals surface area contributed by atoms with Crippen LogP contribution in [0.25, 0.3) is 0 Å². The maximum absolute atomic E-state index is 11.2. The van der Waals surface area contributed by atoms with E-state index in [0.29, 0.717) is 6.54 Å². The number of hydrazine groups is 1. The Labute approximate surface area is 84.5 Å².